The highest BCUT2D eigenvalue weighted by molar-refractivity contribution is 7.14. The first-order valence-corrected chi connectivity index (χ1v) is 10.2. The van der Waals surface area contributed by atoms with Crippen LogP contribution < -0.4 is 10.6 Å². The van der Waals surface area contributed by atoms with Crippen molar-refractivity contribution in [1.29, 1.82) is 0 Å². The van der Waals surface area contributed by atoms with Gasteiger partial charge >= 0.3 is 6.03 Å². The van der Waals surface area contributed by atoms with Crippen molar-refractivity contribution in [1.82, 2.24) is 4.98 Å². The van der Waals surface area contributed by atoms with Gasteiger partial charge in [-0.1, -0.05) is 18.2 Å². The number of thiazole rings is 1. The van der Waals surface area contributed by atoms with Gasteiger partial charge < -0.3 is 5.32 Å². The summed E-state index contributed by atoms with van der Waals surface area (Å²) in [4.78, 5) is 17.0. The van der Waals surface area contributed by atoms with Gasteiger partial charge in [-0.15, -0.1) is 11.3 Å². The topological polar surface area (TPSA) is 54.0 Å². The number of rotatable bonds is 3. The zero-order valence-electron chi connectivity index (χ0n) is 14.2. The minimum atomic E-state index is -0.224. The number of carbonyl (C=O) groups is 1. The SMILES string of the molecule is O=C(Nc1ccccc1)Nc1nc(C23CC4CC(CC(C4)C2)C3)cs1. The zero-order valence-corrected chi connectivity index (χ0v) is 15.0. The number of carbonyl (C=O) groups excluding carboxylic acids is 1. The normalized spacial score (nSPS) is 32.6. The van der Waals surface area contributed by atoms with E-state index in [1.165, 1.54) is 44.2 Å². The fraction of sp³-hybridized carbons (Fsp3) is 0.500. The Morgan fingerprint density at radius 2 is 1.64 bits per heavy atom. The molecule has 2 aromatic rings. The second-order valence-electron chi connectivity index (χ2n) is 8.18. The number of para-hydroxylation sites is 1. The molecule has 5 heteroatoms. The van der Waals surface area contributed by atoms with Gasteiger partial charge in [0, 0.05) is 16.5 Å². The molecule has 0 saturated heterocycles. The van der Waals surface area contributed by atoms with Gasteiger partial charge in [0.1, 0.15) is 0 Å². The molecule has 4 aliphatic rings. The van der Waals surface area contributed by atoms with E-state index in [4.69, 9.17) is 4.98 Å². The van der Waals surface area contributed by atoms with Crippen molar-refractivity contribution in [3.63, 3.8) is 0 Å². The van der Waals surface area contributed by atoms with E-state index in [2.05, 4.69) is 16.0 Å². The first kappa shape index (κ1) is 15.4. The number of nitrogens with one attached hydrogen (secondary N) is 2. The molecule has 4 aliphatic carbocycles. The number of amides is 2. The summed E-state index contributed by atoms with van der Waals surface area (Å²) in [5.74, 6) is 2.72. The minimum absolute atomic E-state index is 0.224. The van der Waals surface area contributed by atoms with Crippen LogP contribution in [0.3, 0.4) is 0 Å². The van der Waals surface area contributed by atoms with E-state index in [-0.39, 0.29) is 6.03 Å². The van der Waals surface area contributed by atoms with E-state index < -0.39 is 0 Å². The molecule has 0 aliphatic heterocycles. The summed E-state index contributed by atoms with van der Waals surface area (Å²) in [6.45, 7) is 0. The summed E-state index contributed by atoms with van der Waals surface area (Å²) in [5, 5.41) is 8.65. The molecule has 0 atom stereocenters. The summed E-state index contributed by atoms with van der Waals surface area (Å²) >= 11 is 1.55. The second kappa shape index (κ2) is 5.84. The van der Waals surface area contributed by atoms with Gasteiger partial charge in [-0.05, 0) is 68.4 Å². The van der Waals surface area contributed by atoms with Crippen LogP contribution in [0.25, 0.3) is 0 Å². The van der Waals surface area contributed by atoms with Crippen molar-refractivity contribution in [3.8, 4) is 0 Å². The number of anilines is 2. The first-order valence-electron chi connectivity index (χ1n) is 9.28. The molecule has 0 spiro atoms. The van der Waals surface area contributed by atoms with Gasteiger partial charge in [0.25, 0.3) is 0 Å². The molecule has 2 amide bonds. The van der Waals surface area contributed by atoms with Gasteiger partial charge in [-0.2, -0.15) is 0 Å². The van der Waals surface area contributed by atoms with Gasteiger partial charge in [-0.3, -0.25) is 5.32 Å². The summed E-state index contributed by atoms with van der Waals surface area (Å²) in [6, 6.07) is 9.28. The van der Waals surface area contributed by atoms with Crippen molar-refractivity contribution in [2.45, 2.75) is 43.9 Å². The molecule has 4 bridgehead atoms. The predicted octanol–water partition coefficient (Wildman–Crippen LogP) is 5.25. The molecule has 1 aromatic heterocycles. The average molecular weight is 353 g/mol. The third kappa shape index (κ3) is 2.84. The maximum atomic E-state index is 12.2. The highest BCUT2D eigenvalue weighted by Crippen LogP contribution is 2.60. The number of benzene rings is 1. The van der Waals surface area contributed by atoms with Crippen LogP contribution in [0.15, 0.2) is 35.7 Å². The van der Waals surface area contributed by atoms with Crippen LogP contribution in [0.4, 0.5) is 15.6 Å². The number of nitrogens with zero attached hydrogens (tertiary/aromatic N) is 1. The Morgan fingerprint density at radius 1 is 1.00 bits per heavy atom. The Morgan fingerprint density at radius 3 is 2.28 bits per heavy atom. The van der Waals surface area contributed by atoms with Gasteiger partial charge in [0.05, 0.1) is 5.69 Å². The minimum Gasteiger partial charge on any atom is -0.308 e. The summed E-state index contributed by atoms with van der Waals surface area (Å²) in [7, 11) is 0. The maximum absolute atomic E-state index is 12.2. The average Bonchev–Trinajstić information content (AvgIpc) is 3.04. The number of urea groups is 1. The Kier molecular flexibility index (Phi) is 3.59. The molecule has 4 fully saturated rings. The monoisotopic (exact) mass is 353 g/mol. The summed E-state index contributed by atoms with van der Waals surface area (Å²) in [5.41, 5.74) is 2.31. The van der Waals surface area contributed by atoms with Crippen LogP contribution in [0.1, 0.15) is 44.2 Å². The second-order valence-corrected chi connectivity index (χ2v) is 9.04. The standard InChI is InChI=1S/C20H23N3OS/c24-18(21-16-4-2-1-3-5-16)23-19-22-17(12-25-19)20-9-13-6-14(10-20)8-15(7-13)11-20/h1-5,12-15H,6-11H2,(H2,21,22,23,24). The lowest BCUT2D eigenvalue weighted by molar-refractivity contribution is -0.00688. The van der Waals surface area contributed by atoms with E-state index >= 15 is 0 Å². The van der Waals surface area contributed by atoms with Crippen LogP contribution in [-0.2, 0) is 5.41 Å². The van der Waals surface area contributed by atoms with E-state index in [0.717, 1.165) is 23.4 Å². The third-order valence-electron chi connectivity index (χ3n) is 6.34. The maximum Gasteiger partial charge on any atom is 0.325 e. The van der Waals surface area contributed by atoms with Crippen molar-refractivity contribution in [2.24, 2.45) is 17.8 Å². The lowest BCUT2D eigenvalue weighted by Crippen LogP contribution is -2.48. The van der Waals surface area contributed by atoms with Crippen LogP contribution in [0, 0.1) is 17.8 Å². The smallest absolute Gasteiger partial charge is 0.308 e. The van der Waals surface area contributed by atoms with Crippen molar-refractivity contribution in [3.05, 3.63) is 41.4 Å². The van der Waals surface area contributed by atoms with E-state index in [1.807, 2.05) is 30.3 Å². The number of aromatic nitrogens is 1. The van der Waals surface area contributed by atoms with Crippen LogP contribution >= 0.6 is 11.3 Å². The predicted molar refractivity (Wildman–Crippen MR) is 101 cm³/mol. The van der Waals surface area contributed by atoms with Crippen molar-refractivity contribution < 1.29 is 4.79 Å². The molecule has 1 aromatic carbocycles. The van der Waals surface area contributed by atoms with Gasteiger partial charge in [-0.25, -0.2) is 9.78 Å². The molecule has 0 unspecified atom stereocenters. The van der Waals surface area contributed by atoms with Crippen molar-refractivity contribution in [2.75, 3.05) is 10.6 Å². The first-order chi connectivity index (χ1) is 12.2. The molecule has 6 rings (SSSR count). The third-order valence-corrected chi connectivity index (χ3v) is 7.10. The largest absolute Gasteiger partial charge is 0.325 e. The fourth-order valence-corrected chi connectivity index (χ4v) is 6.61. The van der Waals surface area contributed by atoms with Gasteiger partial charge in [0.15, 0.2) is 5.13 Å². The Bertz CT molecular complexity index is 750. The Labute approximate surface area is 152 Å². The zero-order chi connectivity index (χ0) is 16.9. The van der Waals surface area contributed by atoms with Crippen LogP contribution in [0.5, 0.6) is 0 Å². The number of hydrogen-bond donors (Lipinski definition) is 2. The van der Waals surface area contributed by atoms with Gasteiger partial charge in [0.2, 0.25) is 0 Å². The summed E-state index contributed by atoms with van der Waals surface area (Å²) in [6.07, 6.45) is 8.23. The highest BCUT2D eigenvalue weighted by Gasteiger charge is 2.52. The molecule has 4 saturated carbocycles. The van der Waals surface area contributed by atoms with Crippen LogP contribution in [-0.4, -0.2) is 11.0 Å². The molecule has 0 radical (unpaired) electrons. The molecule has 25 heavy (non-hydrogen) atoms. The Balaban J connectivity index is 1.30. The molecule has 130 valence electrons. The molecule has 2 N–H and O–H groups in total. The Hall–Kier alpha value is -1.88. The molecular weight excluding hydrogens is 330 g/mol. The highest BCUT2D eigenvalue weighted by atomic mass is 32.1. The van der Waals surface area contributed by atoms with E-state index in [1.54, 1.807) is 11.3 Å². The number of hydrogen-bond acceptors (Lipinski definition) is 3. The molecule has 4 nitrogen and oxygen atoms in total. The van der Waals surface area contributed by atoms with E-state index in [0.29, 0.717) is 10.5 Å². The summed E-state index contributed by atoms with van der Waals surface area (Å²) < 4.78 is 0. The van der Waals surface area contributed by atoms with Crippen LogP contribution in [0.2, 0.25) is 0 Å². The lowest BCUT2D eigenvalue weighted by atomic mass is 9.49. The fourth-order valence-electron chi connectivity index (χ4n) is 5.78. The quantitative estimate of drug-likeness (QED) is 0.791. The lowest BCUT2D eigenvalue weighted by Gasteiger charge is -2.56. The van der Waals surface area contributed by atoms with Crippen molar-refractivity contribution >= 4 is 28.2 Å². The molecular formula is C20H23N3OS. The molecule has 1 heterocycles. The van der Waals surface area contributed by atoms with E-state index in [9.17, 15) is 4.79 Å².